The molecule has 0 radical (unpaired) electrons. The first-order valence-electron chi connectivity index (χ1n) is 7.04. The van der Waals surface area contributed by atoms with Gasteiger partial charge in [0.15, 0.2) is 0 Å². The summed E-state index contributed by atoms with van der Waals surface area (Å²) in [6.45, 7) is 0. The van der Waals surface area contributed by atoms with E-state index in [4.69, 9.17) is 0 Å². The van der Waals surface area contributed by atoms with Crippen molar-refractivity contribution >= 4 is 21.5 Å². The lowest BCUT2D eigenvalue weighted by Gasteiger charge is -2.27. The molecule has 0 saturated heterocycles. The lowest BCUT2D eigenvalue weighted by Crippen LogP contribution is -2.24. The Morgan fingerprint density at radius 3 is 2.55 bits per heavy atom. The molecule has 0 aliphatic heterocycles. The summed E-state index contributed by atoms with van der Waals surface area (Å²) < 4.78 is 0. The predicted molar refractivity (Wildman–Crippen MR) is 80.7 cm³/mol. The van der Waals surface area contributed by atoms with E-state index in [1.165, 1.54) is 16.2 Å². The van der Waals surface area contributed by atoms with Crippen molar-refractivity contribution in [1.29, 1.82) is 0 Å². The van der Waals surface area contributed by atoms with E-state index in [0.29, 0.717) is 6.42 Å². The average molecular weight is 264 g/mol. The van der Waals surface area contributed by atoms with Gasteiger partial charge in [0.05, 0.1) is 6.10 Å². The molecule has 0 fully saturated rings. The number of aliphatic hydroxyl groups excluding tert-OH is 2. The maximum Gasteiger partial charge on any atom is 0.105 e. The first-order chi connectivity index (χ1) is 9.74. The van der Waals surface area contributed by atoms with Crippen LogP contribution in [0.25, 0.3) is 21.5 Å². The summed E-state index contributed by atoms with van der Waals surface area (Å²) in [6, 6.07) is 16.8. The highest BCUT2D eigenvalue weighted by Gasteiger charge is 2.26. The summed E-state index contributed by atoms with van der Waals surface area (Å²) in [5.41, 5.74) is 2.04. The number of rotatable bonds is 0. The van der Waals surface area contributed by atoms with Gasteiger partial charge in [-0.05, 0) is 51.6 Å². The monoisotopic (exact) mass is 264 g/mol. The quantitative estimate of drug-likeness (QED) is 0.611. The van der Waals surface area contributed by atoms with Gasteiger partial charge in [-0.1, -0.05) is 42.5 Å². The SMILES string of the molecule is O[C@H]1CCc2cc3ccc4ccccc4c3cc2[C@@H]1O. The number of hydrogen-bond donors (Lipinski definition) is 2. The van der Waals surface area contributed by atoms with Crippen molar-refractivity contribution in [2.45, 2.75) is 25.0 Å². The van der Waals surface area contributed by atoms with Crippen molar-refractivity contribution in [2.24, 2.45) is 0 Å². The minimum absolute atomic E-state index is 0.632. The molecular formula is C18H16O2. The van der Waals surface area contributed by atoms with Gasteiger partial charge in [0.1, 0.15) is 6.10 Å². The topological polar surface area (TPSA) is 40.5 Å². The van der Waals surface area contributed by atoms with Crippen LogP contribution in [0.4, 0.5) is 0 Å². The highest BCUT2D eigenvalue weighted by Crippen LogP contribution is 2.35. The minimum Gasteiger partial charge on any atom is -0.390 e. The Bertz CT molecular complexity index is 807. The smallest absolute Gasteiger partial charge is 0.105 e. The van der Waals surface area contributed by atoms with Gasteiger partial charge in [-0.25, -0.2) is 0 Å². The third-order valence-electron chi connectivity index (χ3n) is 4.40. The summed E-state index contributed by atoms with van der Waals surface area (Å²) in [6.07, 6.45) is 0.0564. The van der Waals surface area contributed by atoms with Crippen LogP contribution in [0.3, 0.4) is 0 Å². The van der Waals surface area contributed by atoms with E-state index >= 15 is 0 Å². The van der Waals surface area contributed by atoms with Crippen molar-refractivity contribution in [3.8, 4) is 0 Å². The molecule has 1 aliphatic carbocycles. The van der Waals surface area contributed by atoms with E-state index in [0.717, 1.165) is 22.9 Å². The number of aryl methyl sites for hydroxylation is 1. The summed E-state index contributed by atoms with van der Waals surface area (Å²) >= 11 is 0. The summed E-state index contributed by atoms with van der Waals surface area (Å²) in [5, 5.41) is 24.8. The number of benzene rings is 3. The van der Waals surface area contributed by atoms with Crippen LogP contribution in [-0.4, -0.2) is 16.3 Å². The maximum atomic E-state index is 10.2. The second kappa shape index (κ2) is 4.30. The van der Waals surface area contributed by atoms with Crippen LogP contribution in [0.1, 0.15) is 23.7 Å². The molecule has 2 heteroatoms. The molecule has 0 spiro atoms. The number of fused-ring (bicyclic) bond motifs is 4. The first kappa shape index (κ1) is 11.9. The molecule has 2 nitrogen and oxygen atoms in total. The van der Waals surface area contributed by atoms with E-state index in [9.17, 15) is 10.2 Å². The lowest BCUT2D eigenvalue weighted by molar-refractivity contribution is 0.00661. The molecular weight excluding hydrogens is 248 g/mol. The van der Waals surface area contributed by atoms with Crippen molar-refractivity contribution < 1.29 is 10.2 Å². The van der Waals surface area contributed by atoms with Crippen LogP contribution in [-0.2, 0) is 6.42 Å². The Morgan fingerprint density at radius 2 is 1.65 bits per heavy atom. The molecule has 0 amide bonds. The summed E-state index contributed by atoms with van der Waals surface area (Å²) in [7, 11) is 0. The lowest BCUT2D eigenvalue weighted by atomic mass is 9.85. The highest BCUT2D eigenvalue weighted by molar-refractivity contribution is 6.07. The van der Waals surface area contributed by atoms with Crippen molar-refractivity contribution in [3.05, 3.63) is 59.7 Å². The molecule has 0 aromatic heterocycles. The first-order valence-corrected chi connectivity index (χ1v) is 7.04. The van der Waals surface area contributed by atoms with Gasteiger partial charge in [0.2, 0.25) is 0 Å². The fourth-order valence-electron chi connectivity index (χ4n) is 3.28. The molecule has 0 bridgehead atoms. The van der Waals surface area contributed by atoms with Gasteiger partial charge < -0.3 is 10.2 Å². The zero-order chi connectivity index (χ0) is 13.7. The molecule has 1 aliphatic rings. The molecule has 100 valence electrons. The Hall–Kier alpha value is -1.90. The molecule has 4 rings (SSSR count). The van der Waals surface area contributed by atoms with E-state index in [1.807, 2.05) is 12.1 Å². The Morgan fingerprint density at radius 1 is 0.850 bits per heavy atom. The highest BCUT2D eigenvalue weighted by atomic mass is 16.3. The number of hydrogen-bond acceptors (Lipinski definition) is 2. The Labute approximate surface area is 117 Å². The standard InChI is InChI=1S/C18H16O2/c19-17-8-7-13-9-12-6-5-11-3-1-2-4-14(11)15(12)10-16(13)18(17)20/h1-6,9-10,17-20H,7-8H2/t17-,18-/m0/s1. The van der Waals surface area contributed by atoms with Gasteiger partial charge in [-0.2, -0.15) is 0 Å². The van der Waals surface area contributed by atoms with E-state index < -0.39 is 12.2 Å². The van der Waals surface area contributed by atoms with Gasteiger partial charge in [0.25, 0.3) is 0 Å². The third-order valence-corrected chi connectivity index (χ3v) is 4.40. The molecule has 2 atom stereocenters. The number of aliphatic hydroxyl groups is 2. The maximum absolute atomic E-state index is 10.2. The van der Waals surface area contributed by atoms with Crippen molar-refractivity contribution in [3.63, 3.8) is 0 Å². The molecule has 0 saturated carbocycles. The van der Waals surface area contributed by atoms with Crippen molar-refractivity contribution in [1.82, 2.24) is 0 Å². The fourth-order valence-corrected chi connectivity index (χ4v) is 3.28. The summed E-state index contributed by atoms with van der Waals surface area (Å²) in [4.78, 5) is 0. The van der Waals surface area contributed by atoms with Crippen molar-refractivity contribution in [2.75, 3.05) is 0 Å². The van der Waals surface area contributed by atoms with Gasteiger partial charge in [-0.15, -0.1) is 0 Å². The second-order valence-electron chi connectivity index (χ2n) is 5.61. The van der Waals surface area contributed by atoms with Gasteiger partial charge in [-0.3, -0.25) is 0 Å². The largest absolute Gasteiger partial charge is 0.390 e. The van der Waals surface area contributed by atoms with Gasteiger partial charge >= 0.3 is 0 Å². The van der Waals surface area contributed by atoms with E-state index in [-0.39, 0.29) is 0 Å². The van der Waals surface area contributed by atoms with Gasteiger partial charge in [0, 0.05) is 0 Å². The Kier molecular flexibility index (Phi) is 2.56. The van der Waals surface area contributed by atoms with Crippen LogP contribution in [0.2, 0.25) is 0 Å². The second-order valence-corrected chi connectivity index (χ2v) is 5.61. The van der Waals surface area contributed by atoms with E-state index in [2.05, 4.69) is 36.4 Å². The predicted octanol–water partition coefficient (Wildman–Crippen LogP) is 3.33. The molecule has 3 aromatic carbocycles. The average Bonchev–Trinajstić information content (AvgIpc) is 2.49. The minimum atomic E-state index is -0.762. The van der Waals surface area contributed by atoms with Crippen LogP contribution in [0.15, 0.2) is 48.5 Å². The molecule has 20 heavy (non-hydrogen) atoms. The zero-order valence-electron chi connectivity index (χ0n) is 11.1. The normalized spacial score (nSPS) is 22.1. The molecule has 0 heterocycles. The molecule has 0 unspecified atom stereocenters. The Balaban J connectivity index is 2.07. The third kappa shape index (κ3) is 1.65. The van der Waals surface area contributed by atoms with Crippen LogP contribution in [0, 0.1) is 0 Å². The van der Waals surface area contributed by atoms with E-state index in [1.54, 1.807) is 0 Å². The summed E-state index contributed by atoms with van der Waals surface area (Å²) in [5.74, 6) is 0. The van der Waals surface area contributed by atoms with Crippen LogP contribution >= 0.6 is 0 Å². The zero-order valence-corrected chi connectivity index (χ0v) is 11.1. The molecule has 2 N–H and O–H groups in total. The fraction of sp³-hybridized carbons (Fsp3) is 0.222. The van der Waals surface area contributed by atoms with Crippen LogP contribution in [0.5, 0.6) is 0 Å². The molecule has 3 aromatic rings. The van der Waals surface area contributed by atoms with Crippen LogP contribution < -0.4 is 0 Å².